The number of unbranched alkanes of at least 4 members (excludes halogenated alkanes) is 2. The lowest BCUT2D eigenvalue weighted by atomic mass is 9.55. The zero-order valence-electron chi connectivity index (χ0n) is 32.8. The molecule has 300 valence electrons. The second-order valence-corrected chi connectivity index (χ2v) is 15.2. The second-order valence-electron chi connectivity index (χ2n) is 14.4. The van der Waals surface area contributed by atoms with E-state index in [1.165, 1.54) is 0 Å². The average Bonchev–Trinajstić information content (AvgIpc) is 3.20. The minimum Gasteiger partial charge on any atom is -0.459 e. The highest BCUT2D eigenvalue weighted by molar-refractivity contribution is 7.98. The van der Waals surface area contributed by atoms with Crippen molar-refractivity contribution in [3.63, 3.8) is 0 Å². The molecule has 1 saturated carbocycles. The van der Waals surface area contributed by atoms with Gasteiger partial charge in [0.05, 0.1) is 24.8 Å². The van der Waals surface area contributed by atoms with Crippen LogP contribution in [-0.4, -0.2) is 84.6 Å². The summed E-state index contributed by atoms with van der Waals surface area (Å²) in [6.45, 7) is 13.2. The highest BCUT2D eigenvalue weighted by Gasteiger charge is 2.65. The Labute approximate surface area is 331 Å². The van der Waals surface area contributed by atoms with Crippen LogP contribution in [0.3, 0.4) is 0 Å². The smallest absolute Gasteiger partial charge is 0.410 e. The summed E-state index contributed by atoms with van der Waals surface area (Å²) >= 11 is 1.68. The largest absolute Gasteiger partial charge is 0.459 e. The number of fused-ring (bicyclic) bond motifs is 2. The van der Waals surface area contributed by atoms with E-state index in [0.29, 0.717) is 56.8 Å². The molecule has 1 aliphatic heterocycles. The molecule has 1 amide bonds. The van der Waals surface area contributed by atoms with Crippen molar-refractivity contribution in [3.8, 4) is 17.2 Å². The predicted molar refractivity (Wildman–Crippen MR) is 218 cm³/mol. The molecule has 10 nitrogen and oxygen atoms in total. The van der Waals surface area contributed by atoms with Gasteiger partial charge in [-0.2, -0.15) is 0 Å². The Morgan fingerprint density at radius 1 is 1.04 bits per heavy atom. The number of amides is 1. The van der Waals surface area contributed by atoms with Crippen LogP contribution in [0.4, 0.5) is 4.79 Å². The molecule has 1 fully saturated rings. The zero-order chi connectivity index (χ0) is 39.2. The van der Waals surface area contributed by atoms with Crippen LogP contribution in [0.5, 0.6) is 17.2 Å². The highest BCUT2D eigenvalue weighted by atomic mass is 32.2. The maximum absolute atomic E-state index is 14.1. The molecular weight excluding hydrogens is 717 g/mol. The number of ether oxygens (including phenoxy) is 4. The van der Waals surface area contributed by atoms with E-state index < -0.39 is 23.8 Å². The Balaban J connectivity index is 1.75. The van der Waals surface area contributed by atoms with Crippen molar-refractivity contribution in [1.82, 2.24) is 4.90 Å². The van der Waals surface area contributed by atoms with Gasteiger partial charge in [-0.15, -0.1) is 24.9 Å². The third-order valence-corrected chi connectivity index (χ3v) is 11.6. The SMILES string of the molecule is C=CCCOC(=O)N(CCC)[C@H]1CC(=NOCC)C2=C[C@H](CCCCO)[C@@H](CCCCO)[C@@H]3c4cc(Oc5ccc(SC)cc5)ccc4O[C@@]1(OCC=C)[C@H]23. The molecule has 5 rings (SSSR count). The van der Waals surface area contributed by atoms with Crippen LogP contribution in [0.2, 0.25) is 0 Å². The Morgan fingerprint density at radius 3 is 2.45 bits per heavy atom. The zero-order valence-corrected chi connectivity index (χ0v) is 33.6. The topological polar surface area (TPSA) is 119 Å². The van der Waals surface area contributed by atoms with E-state index in [-0.39, 0.29) is 44.2 Å². The number of hydrogen-bond acceptors (Lipinski definition) is 10. The first-order valence-electron chi connectivity index (χ1n) is 20.0. The van der Waals surface area contributed by atoms with Gasteiger partial charge in [-0.1, -0.05) is 43.1 Å². The molecule has 0 spiro atoms. The molecule has 0 radical (unpaired) electrons. The van der Waals surface area contributed by atoms with E-state index in [1.807, 2.05) is 56.5 Å². The summed E-state index contributed by atoms with van der Waals surface area (Å²) in [4.78, 5) is 22.8. The maximum Gasteiger partial charge on any atom is 0.410 e. The van der Waals surface area contributed by atoms with Crippen LogP contribution in [0, 0.1) is 17.8 Å². The molecule has 2 aromatic rings. The van der Waals surface area contributed by atoms with Gasteiger partial charge < -0.3 is 34.0 Å². The summed E-state index contributed by atoms with van der Waals surface area (Å²) in [7, 11) is 0. The molecular formula is C44H60N2O8S. The Bertz CT molecular complexity index is 1630. The van der Waals surface area contributed by atoms with E-state index in [9.17, 15) is 15.0 Å². The van der Waals surface area contributed by atoms with Gasteiger partial charge in [0.25, 0.3) is 0 Å². The van der Waals surface area contributed by atoms with E-state index >= 15 is 0 Å². The van der Waals surface area contributed by atoms with E-state index in [2.05, 4.69) is 25.3 Å². The number of allylic oxidation sites excluding steroid dienone is 1. The van der Waals surface area contributed by atoms with E-state index in [4.69, 9.17) is 28.9 Å². The van der Waals surface area contributed by atoms with E-state index in [1.54, 1.807) is 28.8 Å². The third kappa shape index (κ3) is 9.79. The molecule has 2 aromatic carbocycles. The van der Waals surface area contributed by atoms with Crippen molar-refractivity contribution in [2.75, 3.05) is 45.8 Å². The number of oxime groups is 1. The number of thioether (sulfide) groups is 1. The van der Waals surface area contributed by atoms with Crippen molar-refractivity contribution in [2.45, 2.75) is 94.3 Å². The molecule has 3 aliphatic rings. The van der Waals surface area contributed by atoms with Crippen LogP contribution in [0.25, 0.3) is 0 Å². The molecule has 1 heterocycles. The summed E-state index contributed by atoms with van der Waals surface area (Å²) in [5, 5.41) is 24.4. The lowest BCUT2D eigenvalue weighted by Gasteiger charge is -2.59. The van der Waals surface area contributed by atoms with Gasteiger partial charge in [-0.3, -0.25) is 4.90 Å². The highest BCUT2D eigenvalue weighted by Crippen LogP contribution is 2.62. The van der Waals surface area contributed by atoms with Crippen LogP contribution in [-0.2, 0) is 14.3 Å². The van der Waals surface area contributed by atoms with Gasteiger partial charge in [0.1, 0.15) is 29.9 Å². The number of hydrogen-bond donors (Lipinski definition) is 2. The van der Waals surface area contributed by atoms with Gasteiger partial charge in [0.2, 0.25) is 5.79 Å². The quantitative estimate of drug-likeness (QED) is 0.0522. The van der Waals surface area contributed by atoms with Crippen LogP contribution in [0.15, 0.2) is 89.5 Å². The molecule has 11 heteroatoms. The second kappa shape index (κ2) is 20.9. The fourth-order valence-corrected chi connectivity index (χ4v) is 8.97. The summed E-state index contributed by atoms with van der Waals surface area (Å²) < 4.78 is 26.6. The Hall–Kier alpha value is -3.77. The van der Waals surface area contributed by atoms with Gasteiger partial charge in [-0.05, 0) is 112 Å². The van der Waals surface area contributed by atoms with Gasteiger partial charge >= 0.3 is 6.09 Å². The molecule has 55 heavy (non-hydrogen) atoms. The van der Waals surface area contributed by atoms with Crippen molar-refractivity contribution in [3.05, 3.63) is 85.0 Å². The number of aliphatic hydroxyl groups is 2. The summed E-state index contributed by atoms with van der Waals surface area (Å²) in [5.74, 6) is 0.447. The van der Waals surface area contributed by atoms with Crippen molar-refractivity contribution < 1.29 is 38.8 Å². The first-order valence-corrected chi connectivity index (χ1v) is 21.2. The molecule has 0 bridgehead atoms. The first kappa shape index (κ1) is 42.4. The van der Waals surface area contributed by atoms with Crippen molar-refractivity contribution in [1.29, 1.82) is 0 Å². The molecule has 0 aromatic heterocycles. The molecule has 2 aliphatic carbocycles. The Morgan fingerprint density at radius 2 is 1.78 bits per heavy atom. The van der Waals surface area contributed by atoms with Crippen LogP contribution < -0.4 is 9.47 Å². The predicted octanol–water partition coefficient (Wildman–Crippen LogP) is 9.28. The van der Waals surface area contributed by atoms with Crippen molar-refractivity contribution in [2.24, 2.45) is 22.9 Å². The first-order chi connectivity index (χ1) is 26.9. The van der Waals surface area contributed by atoms with Crippen molar-refractivity contribution >= 4 is 23.6 Å². The summed E-state index contributed by atoms with van der Waals surface area (Å²) in [6, 6.07) is 13.4. The van der Waals surface area contributed by atoms with E-state index in [0.717, 1.165) is 53.2 Å². The normalized spacial score (nSPS) is 24.5. The monoisotopic (exact) mass is 776 g/mol. The minimum absolute atomic E-state index is 0.107. The number of nitrogens with zero attached hydrogens (tertiary/aromatic N) is 2. The molecule has 0 saturated heterocycles. The minimum atomic E-state index is -1.34. The summed E-state index contributed by atoms with van der Waals surface area (Å²) in [6.07, 6.45) is 13.7. The van der Waals surface area contributed by atoms with Crippen LogP contribution in [0.1, 0.15) is 83.1 Å². The number of rotatable bonds is 22. The number of carbonyl (C=O) groups excluding carboxylic acids is 1. The van der Waals surface area contributed by atoms with Gasteiger partial charge in [0.15, 0.2) is 0 Å². The molecule has 0 unspecified atom stereocenters. The molecule has 6 atom stereocenters. The van der Waals surface area contributed by atoms with Gasteiger partial charge in [0, 0.05) is 42.6 Å². The standard InChI is InChI=1S/C44H60N2O8S/c1-6-10-27-50-43(49)46(23-7-2)40-30-38(45-52-9-4)36-28-31(15-11-13-24-47)35(16-12-14-25-48)41-37-29-33(53-32-17-20-34(55-5)21-18-32)19-22-39(37)54-44(40,42(36)41)51-26-8-3/h6,8,17-22,28-29,31,35,40-42,47-48H,1,3,7,9-16,23-27,30H2,2,4-5H3/t31-,35+,40-,41+,42+,44+/m0/s1. The lowest BCUT2D eigenvalue weighted by Crippen LogP contribution is -2.70. The van der Waals surface area contributed by atoms with Crippen LogP contribution >= 0.6 is 11.8 Å². The number of carbonyl (C=O) groups is 1. The fourth-order valence-electron chi connectivity index (χ4n) is 8.56. The Kier molecular flexibility index (Phi) is 16.1. The number of aliphatic hydroxyl groups excluding tert-OH is 2. The summed E-state index contributed by atoms with van der Waals surface area (Å²) in [5.41, 5.74) is 2.75. The molecule has 2 N–H and O–H groups in total. The number of benzene rings is 2. The fraction of sp³-hybridized carbons (Fsp3) is 0.545. The third-order valence-electron chi connectivity index (χ3n) is 10.9. The lowest BCUT2D eigenvalue weighted by molar-refractivity contribution is -0.255. The maximum atomic E-state index is 14.1. The average molecular weight is 777 g/mol. The van der Waals surface area contributed by atoms with Gasteiger partial charge in [-0.25, -0.2) is 4.79 Å².